The molecule has 106 valence electrons. The first-order valence-corrected chi connectivity index (χ1v) is 7.11. The highest BCUT2D eigenvalue weighted by Gasteiger charge is 2.24. The van der Waals surface area contributed by atoms with Crippen molar-refractivity contribution < 1.29 is 9.66 Å². The zero-order chi connectivity index (χ0) is 14.5. The molecule has 1 unspecified atom stereocenters. The van der Waals surface area contributed by atoms with Crippen molar-refractivity contribution in [3.05, 3.63) is 32.8 Å². The summed E-state index contributed by atoms with van der Waals surface area (Å²) in [5, 5.41) is 22.9. The molecule has 6 nitrogen and oxygen atoms in total. The average molecular weight is 340 g/mol. The fraction of sp³-hybridized carbons (Fsp3) is 0.462. The van der Waals surface area contributed by atoms with Gasteiger partial charge < -0.3 is 4.74 Å². The molecule has 1 aliphatic carbocycles. The number of hydrogen-bond donors (Lipinski definition) is 1. The maximum Gasteiger partial charge on any atom is 0.274 e. The Kier molecular flexibility index (Phi) is 4.93. The Morgan fingerprint density at radius 3 is 2.90 bits per heavy atom. The van der Waals surface area contributed by atoms with Crippen molar-refractivity contribution in [1.29, 1.82) is 5.26 Å². The van der Waals surface area contributed by atoms with E-state index in [2.05, 4.69) is 27.3 Å². The summed E-state index contributed by atoms with van der Waals surface area (Å²) in [4.78, 5) is 10.3. The molecule has 7 heteroatoms. The van der Waals surface area contributed by atoms with Crippen molar-refractivity contribution in [1.82, 2.24) is 5.32 Å². The summed E-state index contributed by atoms with van der Waals surface area (Å²) in [6.45, 7) is 0.339. The highest BCUT2D eigenvalue weighted by Crippen LogP contribution is 2.26. The molecular weight excluding hydrogens is 326 g/mol. The molecule has 1 aromatic rings. The van der Waals surface area contributed by atoms with Crippen molar-refractivity contribution in [2.75, 3.05) is 6.61 Å². The van der Waals surface area contributed by atoms with Crippen LogP contribution in [0.25, 0.3) is 0 Å². The van der Waals surface area contributed by atoms with Gasteiger partial charge in [0, 0.05) is 23.0 Å². The number of nitriles is 1. The van der Waals surface area contributed by atoms with Crippen LogP contribution in [0.5, 0.6) is 5.75 Å². The van der Waals surface area contributed by atoms with Crippen LogP contribution in [0.1, 0.15) is 19.3 Å². The first kappa shape index (κ1) is 14.8. The maximum atomic E-state index is 10.7. The normalized spacial score (nSPS) is 15.4. The van der Waals surface area contributed by atoms with E-state index in [-0.39, 0.29) is 11.7 Å². The van der Waals surface area contributed by atoms with Crippen molar-refractivity contribution in [3.8, 4) is 11.8 Å². The Balaban J connectivity index is 1.86. The van der Waals surface area contributed by atoms with Crippen LogP contribution in [-0.4, -0.2) is 23.6 Å². The molecule has 2 rings (SSSR count). The van der Waals surface area contributed by atoms with E-state index in [1.807, 2.05) is 0 Å². The number of halogens is 1. The van der Waals surface area contributed by atoms with Crippen LogP contribution >= 0.6 is 15.9 Å². The molecule has 1 aliphatic rings. The lowest BCUT2D eigenvalue weighted by Gasteiger charge is -2.11. The number of hydrogen-bond acceptors (Lipinski definition) is 5. The van der Waals surface area contributed by atoms with Crippen LogP contribution in [0.4, 0.5) is 5.69 Å². The fourth-order valence-corrected chi connectivity index (χ4v) is 2.21. The van der Waals surface area contributed by atoms with Crippen molar-refractivity contribution in [3.63, 3.8) is 0 Å². The van der Waals surface area contributed by atoms with E-state index >= 15 is 0 Å². The van der Waals surface area contributed by atoms with Crippen LogP contribution in [0, 0.1) is 21.4 Å². The van der Waals surface area contributed by atoms with Crippen LogP contribution in [-0.2, 0) is 0 Å². The van der Waals surface area contributed by atoms with Crippen LogP contribution in [0.2, 0.25) is 0 Å². The minimum atomic E-state index is -0.468. The second-order valence-electron chi connectivity index (χ2n) is 4.66. The number of nitro groups is 1. The Morgan fingerprint density at radius 2 is 2.30 bits per heavy atom. The Bertz CT molecular complexity index is 540. The fourth-order valence-electron chi connectivity index (χ4n) is 1.75. The molecule has 1 saturated carbocycles. The van der Waals surface area contributed by atoms with Gasteiger partial charge in [-0.25, -0.2) is 0 Å². The quantitative estimate of drug-likeness (QED) is 0.609. The van der Waals surface area contributed by atoms with E-state index in [0.717, 1.165) is 12.8 Å². The van der Waals surface area contributed by atoms with Crippen molar-refractivity contribution in [2.24, 2.45) is 0 Å². The third-order valence-corrected chi connectivity index (χ3v) is 3.37. The van der Waals surface area contributed by atoms with Crippen LogP contribution in [0.3, 0.4) is 0 Å². The molecule has 0 bridgehead atoms. The lowest BCUT2D eigenvalue weighted by Crippen LogP contribution is -2.31. The highest BCUT2D eigenvalue weighted by atomic mass is 79.9. The summed E-state index contributed by atoms with van der Waals surface area (Å²) in [7, 11) is 0. The van der Waals surface area contributed by atoms with E-state index in [0.29, 0.717) is 29.3 Å². The van der Waals surface area contributed by atoms with Gasteiger partial charge in [-0.05, 0) is 18.9 Å². The molecule has 20 heavy (non-hydrogen) atoms. The lowest BCUT2D eigenvalue weighted by molar-refractivity contribution is -0.385. The molecule has 1 N–H and O–H groups in total. The summed E-state index contributed by atoms with van der Waals surface area (Å²) < 4.78 is 6.08. The minimum Gasteiger partial charge on any atom is -0.493 e. The number of benzene rings is 1. The second-order valence-corrected chi connectivity index (χ2v) is 5.58. The molecule has 0 spiro atoms. The molecular formula is C13H14BrN3O3. The number of ether oxygens (including phenoxy) is 1. The second kappa shape index (κ2) is 6.68. The standard InChI is InChI=1S/C13H14BrN3O3/c14-9-5-12(17(18)19)7-13(6-9)20-4-3-11(8-15)16-10-1-2-10/h5-7,10-11,16H,1-4H2. The SMILES string of the molecule is N#CC(CCOc1cc(Br)cc([N+](=O)[O-])c1)NC1CC1. The minimum absolute atomic E-state index is 0.0256. The molecule has 1 aromatic carbocycles. The van der Waals surface area contributed by atoms with E-state index < -0.39 is 4.92 Å². The van der Waals surface area contributed by atoms with E-state index in [1.165, 1.54) is 12.1 Å². The molecule has 0 saturated heterocycles. The summed E-state index contributed by atoms with van der Waals surface area (Å²) in [6.07, 6.45) is 2.79. The predicted molar refractivity (Wildman–Crippen MR) is 76.5 cm³/mol. The van der Waals surface area contributed by atoms with Crippen molar-refractivity contribution >= 4 is 21.6 Å². The first-order chi connectivity index (χ1) is 9.58. The van der Waals surface area contributed by atoms with Gasteiger partial charge in [-0.3, -0.25) is 15.4 Å². The molecule has 0 radical (unpaired) electrons. The van der Waals surface area contributed by atoms with E-state index in [1.54, 1.807) is 6.07 Å². The smallest absolute Gasteiger partial charge is 0.274 e. The zero-order valence-electron chi connectivity index (χ0n) is 10.7. The van der Waals surface area contributed by atoms with Gasteiger partial charge in [-0.2, -0.15) is 5.26 Å². The van der Waals surface area contributed by atoms with Gasteiger partial charge >= 0.3 is 0 Å². The summed E-state index contributed by atoms with van der Waals surface area (Å²) in [5.74, 6) is 0.425. The van der Waals surface area contributed by atoms with Crippen LogP contribution in [0.15, 0.2) is 22.7 Å². The van der Waals surface area contributed by atoms with Gasteiger partial charge in [0.15, 0.2) is 0 Å². The maximum absolute atomic E-state index is 10.7. The Morgan fingerprint density at radius 1 is 1.55 bits per heavy atom. The monoisotopic (exact) mass is 339 g/mol. The number of rotatable bonds is 7. The highest BCUT2D eigenvalue weighted by molar-refractivity contribution is 9.10. The molecule has 0 heterocycles. The average Bonchev–Trinajstić information content (AvgIpc) is 3.20. The van der Waals surface area contributed by atoms with Gasteiger partial charge in [-0.15, -0.1) is 0 Å². The molecule has 0 amide bonds. The van der Waals surface area contributed by atoms with Crippen LogP contribution < -0.4 is 10.1 Å². The third-order valence-electron chi connectivity index (χ3n) is 2.91. The Hall–Kier alpha value is -1.65. The number of nitro benzene ring substituents is 1. The molecule has 1 fully saturated rings. The molecule has 1 atom stereocenters. The summed E-state index contributed by atoms with van der Waals surface area (Å²) in [6, 6.07) is 6.89. The summed E-state index contributed by atoms with van der Waals surface area (Å²) in [5.41, 5.74) is -0.0256. The van der Waals surface area contributed by atoms with Gasteiger partial charge in [0.1, 0.15) is 5.75 Å². The predicted octanol–water partition coefficient (Wildman–Crippen LogP) is 2.77. The molecule has 0 aromatic heterocycles. The van der Waals surface area contributed by atoms with Gasteiger partial charge in [-0.1, -0.05) is 15.9 Å². The Labute approximate surface area is 125 Å². The lowest BCUT2D eigenvalue weighted by atomic mass is 10.2. The largest absolute Gasteiger partial charge is 0.493 e. The van der Waals surface area contributed by atoms with E-state index in [4.69, 9.17) is 10.00 Å². The number of nitrogens with zero attached hydrogens (tertiary/aromatic N) is 2. The zero-order valence-corrected chi connectivity index (χ0v) is 12.3. The van der Waals surface area contributed by atoms with Gasteiger partial charge in [0.25, 0.3) is 5.69 Å². The summed E-state index contributed by atoms with van der Waals surface area (Å²) >= 11 is 3.21. The third kappa shape index (κ3) is 4.47. The van der Waals surface area contributed by atoms with Gasteiger partial charge in [0.2, 0.25) is 0 Å². The topological polar surface area (TPSA) is 88.2 Å². The number of non-ortho nitro benzene ring substituents is 1. The molecule has 0 aliphatic heterocycles. The van der Waals surface area contributed by atoms with E-state index in [9.17, 15) is 10.1 Å². The van der Waals surface area contributed by atoms with Crippen molar-refractivity contribution in [2.45, 2.75) is 31.3 Å². The first-order valence-electron chi connectivity index (χ1n) is 6.32. The number of nitrogens with one attached hydrogen (secondary N) is 1. The van der Waals surface area contributed by atoms with Gasteiger partial charge in [0.05, 0.1) is 29.7 Å².